The molecule has 1 aromatic heterocycles. The third-order valence-corrected chi connectivity index (χ3v) is 3.37. The molecule has 5 heteroatoms. The normalized spacial score (nSPS) is 10.5. The fourth-order valence-electron chi connectivity index (χ4n) is 2.29. The number of aliphatic carboxylic acids is 1. The Morgan fingerprint density at radius 2 is 2.05 bits per heavy atom. The van der Waals surface area contributed by atoms with Crippen LogP contribution < -0.4 is 4.90 Å². The molecule has 0 atom stereocenters. The van der Waals surface area contributed by atoms with Crippen molar-refractivity contribution in [3.63, 3.8) is 0 Å². The molecular weight excluding hydrogens is 266 g/mol. The molecule has 1 N–H and O–H groups in total. The van der Waals surface area contributed by atoms with E-state index in [2.05, 4.69) is 22.1 Å². The lowest BCUT2D eigenvalue weighted by atomic mass is 10.2. The van der Waals surface area contributed by atoms with E-state index in [-0.39, 0.29) is 6.42 Å². The average Bonchev–Trinajstić information content (AvgIpc) is 2.89. The van der Waals surface area contributed by atoms with Gasteiger partial charge in [0.2, 0.25) is 0 Å². The fraction of sp³-hybridized carbons (Fsp3) is 0.375. The number of hydrogen-bond acceptors (Lipinski definition) is 3. The highest BCUT2D eigenvalue weighted by Crippen LogP contribution is 2.15. The molecule has 5 nitrogen and oxygen atoms in total. The van der Waals surface area contributed by atoms with Crippen molar-refractivity contribution < 1.29 is 9.90 Å². The van der Waals surface area contributed by atoms with Crippen molar-refractivity contribution >= 4 is 11.7 Å². The minimum absolute atomic E-state index is 0.205. The van der Waals surface area contributed by atoms with Crippen LogP contribution in [0.25, 0.3) is 0 Å². The Morgan fingerprint density at radius 3 is 2.67 bits per heavy atom. The van der Waals surface area contributed by atoms with Gasteiger partial charge in [-0.1, -0.05) is 18.2 Å². The first-order valence-corrected chi connectivity index (χ1v) is 7.14. The third-order valence-electron chi connectivity index (χ3n) is 3.37. The number of carbonyl (C=O) groups is 1. The van der Waals surface area contributed by atoms with Gasteiger partial charge in [0.1, 0.15) is 0 Å². The van der Waals surface area contributed by atoms with E-state index in [1.807, 2.05) is 37.6 Å². The van der Waals surface area contributed by atoms with Crippen LogP contribution in [-0.2, 0) is 18.3 Å². The van der Waals surface area contributed by atoms with Crippen molar-refractivity contribution in [3.05, 3.63) is 48.3 Å². The molecule has 0 aliphatic heterocycles. The number of anilines is 1. The largest absolute Gasteiger partial charge is 0.481 e. The first-order chi connectivity index (χ1) is 10.1. The van der Waals surface area contributed by atoms with Crippen LogP contribution in [-0.4, -0.2) is 33.9 Å². The second-order valence-electron chi connectivity index (χ2n) is 5.09. The van der Waals surface area contributed by atoms with Gasteiger partial charge in [0.25, 0.3) is 0 Å². The number of rotatable bonds is 8. The van der Waals surface area contributed by atoms with Crippen molar-refractivity contribution in [2.45, 2.75) is 19.3 Å². The monoisotopic (exact) mass is 287 g/mol. The van der Waals surface area contributed by atoms with E-state index >= 15 is 0 Å². The van der Waals surface area contributed by atoms with Crippen LogP contribution in [0.2, 0.25) is 0 Å². The molecule has 0 saturated heterocycles. The Hall–Kier alpha value is -2.30. The van der Waals surface area contributed by atoms with Gasteiger partial charge in [-0.15, -0.1) is 0 Å². The Labute approximate surface area is 124 Å². The van der Waals surface area contributed by atoms with E-state index in [0.29, 0.717) is 6.42 Å². The topological polar surface area (TPSA) is 58.4 Å². The summed E-state index contributed by atoms with van der Waals surface area (Å²) in [6.07, 6.45) is 5.64. The summed E-state index contributed by atoms with van der Waals surface area (Å²) < 4.78 is 1.80. The quantitative estimate of drug-likeness (QED) is 0.809. The molecule has 0 aliphatic carbocycles. The molecule has 2 aromatic rings. The smallest absolute Gasteiger partial charge is 0.303 e. The molecule has 1 heterocycles. The number of para-hydroxylation sites is 1. The molecule has 0 bridgehead atoms. The Balaban J connectivity index is 1.96. The van der Waals surface area contributed by atoms with E-state index in [1.54, 1.807) is 4.68 Å². The number of carboxylic acid groups (broad SMARTS) is 1. The number of aryl methyl sites for hydroxylation is 1. The maximum absolute atomic E-state index is 10.7. The van der Waals surface area contributed by atoms with Gasteiger partial charge >= 0.3 is 5.97 Å². The van der Waals surface area contributed by atoms with Gasteiger partial charge in [-0.25, -0.2) is 0 Å². The summed E-state index contributed by atoms with van der Waals surface area (Å²) >= 11 is 0. The molecule has 0 saturated carbocycles. The lowest BCUT2D eigenvalue weighted by Gasteiger charge is -2.24. The summed E-state index contributed by atoms with van der Waals surface area (Å²) in [6.45, 7) is 1.60. The Morgan fingerprint density at radius 1 is 1.29 bits per heavy atom. The second kappa shape index (κ2) is 7.47. The molecule has 0 unspecified atom stereocenters. The molecular formula is C16H21N3O2. The third kappa shape index (κ3) is 4.95. The number of nitrogens with zero attached hydrogens (tertiary/aromatic N) is 3. The van der Waals surface area contributed by atoms with Gasteiger partial charge in [-0.05, 0) is 30.5 Å². The van der Waals surface area contributed by atoms with Gasteiger partial charge in [-0.3, -0.25) is 9.48 Å². The maximum atomic E-state index is 10.7. The minimum atomic E-state index is -0.740. The second-order valence-corrected chi connectivity index (χ2v) is 5.09. The summed E-state index contributed by atoms with van der Waals surface area (Å²) in [6, 6.07) is 10.1. The first-order valence-electron chi connectivity index (χ1n) is 7.14. The number of aromatic nitrogens is 2. The molecule has 0 fully saturated rings. The van der Waals surface area contributed by atoms with Crippen molar-refractivity contribution in [1.29, 1.82) is 0 Å². The van der Waals surface area contributed by atoms with E-state index in [4.69, 9.17) is 5.11 Å². The molecule has 0 amide bonds. The van der Waals surface area contributed by atoms with Gasteiger partial charge in [0.15, 0.2) is 0 Å². The molecule has 0 radical (unpaired) electrons. The zero-order valence-electron chi connectivity index (χ0n) is 12.3. The van der Waals surface area contributed by atoms with Crippen LogP contribution in [0.3, 0.4) is 0 Å². The summed E-state index contributed by atoms with van der Waals surface area (Å²) in [5, 5.41) is 13.0. The van der Waals surface area contributed by atoms with Crippen molar-refractivity contribution in [3.8, 4) is 0 Å². The van der Waals surface area contributed by atoms with Crippen molar-refractivity contribution in [2.24, 2.45) is 7.05 Å². The summed E-state index contributed by atoms with van der Waals surface area (Å²) in [5.74, 6) is -0.740. The van der Waals surface area contributed by atoms with Gasteiger partial charge in [0.05, 0.1) is 6.20 Å². The highest BCUT2D eigenvalue weighted by molar-refractivity contribution is 5.66. The number of benzene rings is 1. The molecule has 0 aliphatic rings. The van der Waals surface area contributed by atoms with E-state index in [1.165, 1.54) is 5.56 Å². The lowest BCUT2D eigenvalue weighted by Crippen LogP contribution is -2.27. The highest BCUT2D eigenvalue weighted by atomic mass is 16.4. The zero-order valence-corrected chi connectivity index (χ0v) is 12.3. The number of hydrogen-bond donors (Lipinski definition) is 1. The lowest BCUT2D eigenvalue weighted by molar-refractivity contribution is -0.137. The maximum Gasteiger partial charge on any atom is 0.303 e. The minimum Gasteiger partial charge on any atom is -0.481 e. The van der Waals surface area contributed by atoms with Crippen LogP contribution in [0, 0.1) is 0 Å². The Bertz CT molecular complexity index is 566. The summed E-state index contributed by atoms with van der Waals surface area (Å²) in [7, 11) is 1.91. The zero-order chi connectivity index (χ0) is 15.1. The van der Waals surface area contributed by atoms with Crippen molar-refractivity contribution in [2.75, 3.05) is 18.0 Å². The van der Waals surface area contributed by atoms with Crippen LogP contribution in [0.1, 0.15) is 18.4 Å². The molecule has 2 rings (SSSR count). The van der Waals surface area contributed by atoms with Crippen LogP contribution >= 0.6 is 0 Å². The SMILES string of the molecule is Cn1cc(CCN(CCCC(=O)O)c2ccccc2)cn1. The molecule has 0 spiro atoms. The predicted molar refractivity (Wildman–Crippen MR) is 82.4 cm³/mol. The average molecular weight is 287 g/mol. The van der Waals surface area contributed by atoms with E-state index in [9.17, 15) is 4.79 Å². The van der Waals surface area contributed by atoms with E-state index in [0.717, 1.165) is 25.2 Å². The van der Waals surface area contributed by atoms with Crippen LogP contribution in [0.15, 0.2) is 42.7 Å². The Kier molecular flexibility index (Phi) is 5.37. The number of carboxylic acids is 1. The van der Waals surface area contributed by atoms with Crippen LogP contribution in [0.4, 0.5) is 5.69 Å². The predicted octanol–water partition coefficient (Wildman–Crippen LogP) is 2.33. The molecule has 21 heavy (non-hydrogen) atoms. The van der Waals surface area contributed by atoms with Gasteiger partial charge in [0, 0.05) is 38.4 Å². The van der Waals surface area contributed by atoms with Gasteiger partial charge < -0.3 is 10.0 Å². The standard InChI is InChI=1S/C16H21N3O2/c1-18-13-14(12-17-18)9-11-19(10-5-8-16(20)21)15-6-3-2-4-7-15/h2-4,6-7,12-13H,5,8-11H2,1H3,(H,20,21). The van der Waals surface area contributed by atoms with E-state index < -0.39 is 5.97 Å². The van der Waals surface area contributed by atoms with Crippen molar-refractivity contribution in [1.82, 2.24) is 9.78 Å². The highest BCUT2D eigenvalue weighted by Gasteiger charge is 2.08. The summed E-state index contributed by atoms with van der Waals surface area (Å²) in [5.41, 5.74) is 2.32. The molecule has 1 aromatic carbocycles. The summed E-state index contributed by atoms with van der Waals surface area (Å²) in [4.78, 5) is 12.9. The fourth-order valence-corrected chi connectivity index (χ4v) is 2.29. The van der Waals surface area contributed by atoms with Gasteiger partial charge in [-0.2, -0.15) is 5.10 Å². The van der Waals surface area contributed by atoms with Crippen LogP contribution in [0.5, 0.6) is 0 Å². The molecule has 112 valence electrons. The first kappa shape index (κ1) is 15.1.